The van der Waals surface area contributed by atoms with Crippen LogP contribution in [0.15, 0.2) is 54.6 Å². The quantitative estimate of drug-likeness (QED) is 0.710. The molecule has 0 bridgehead atoms. The standard InChI is InChI=1S/C14H11BrClF/c15-14(16,10-11-6-2-1-3-7-11)12-8-4-5-9-13(12)17/h1-9H,10H2. The molecule has 2 aromatic rings. The molecule has 0 spiro atoms. The molecule has 0 N–H and O–H groups in total. The van der Waals surface area contributed by atoms with Crippen molar-refractivity contribution < 1.29 is 4.39 Å². The third kappa shape index (κ3) is 3.08. The van der Waals surface area contributed by atoms with Crippen LogP contribution in [0.1, 0.15) is 11.1 Å². The normalized spacial score (nSPS) is 14.3. The van der Waals surface area contributed by atoms with Crippen molar-refractivity contribution in [2.45, 2.75) is 10.2 Å². The van der Waals surface area contributed by atoms with E-state index in [2.05, 4.69) is 15.9 Å². The van der Waals surface area contributed by atoms with Crippen molar-refractivity contribution in [3.8, 4) is 0 Å². The predicted octanol–water partition coefficient (Wildman–Crippen LogP) is 4.85. The van der Waals surface area contributed by atoms with E-state index in [0.717, 1.165) is 5.56 Å². The molecule has 0 amide bonds. The van der Waals surface area contributed by atoms with Gasteiger partial charge in [0, 0.05) is 12.0 Å². The Balaban J connectivity index is 2.28. The summed E-state index contributed by atoms with van der Waals surface area (Å²) in [5.41, 5.74) is 1.52. The summed E-state index contributed by atoms with van der Waals surface area (Å²) in [4.78, 5) is 0. The topological polar surface area (TPSA) is 0 Å². The van der Waals surface area contributed by atoms with Crippen molar-refractivity contribution in [1.29, 1.82) is 0 Å². The van der Waals surface area contributed by atoms with E-state index in [4.69, 9.17) is 11.6 Å². The highest BCUT2D eigenvalue weighted by Gasteiger charge is 2.29. The molecule has 3 heteroatoms. The Morgan fingerprint density at radius 1 is 1.00 bits per heavy atom. The molecule has 0 nitrogen and oxygen atoms in total. The highest BCUT2D eigenvalue weighted by molar-refractivity contribution is 9.10. The fraction of sp³-hybridized carbons (Fsp3) is 0.143. The fourth-order valence-electron chi connectivity index (χ4n) is 1.71. The molecule has 0 heterocycles. The Morgan fingerprint density at radius 3 is 2.24 bits per heavy atom. The van der Waals surface area contributed by atoms with Gasteiger partial charge in [-0.3, -0.25) is 0 Å². The van der Waals surface area contributed by atoms with E-state index >= 15 is 0 Å². The van der Waals surface area contributed by atoms with Crippen LogP contribution in [0, 0.1) is 5.82 Å². The van der Waals surface area contributed by atoms with E-state index in [9.17, 15) is 4.39 Å². The largest absolute Gasteiger partial charge is 0.207 e. The van der Waals surface area contributed by atoms with Gasteiger partial charge in [0.2, 0.25) is 0 Å². The molecule has 0 saturated carbocycles. The van der Waals surface area contributed by atoms with Crippen LogP contribution >= 0.6 is 27.5 Å². The van der Waals surface area contributed by atoms with Crippen LogP contribution in [0.2, 0.25) is 0 Å². The van der Waals surface area contributed by atoms with Crippen molar-refractivity contribution in [2.24, 2.45) is 0 Å². The Morgan fingerprint density at radius 2 is 1.59 bits per heavy atom. The molecular formula is C14H11BrClF. The molecule has 1 atom stereocenters. The van der Waals surface area contributed by atoms with Gasteiger partial charge in [-0.05, 0) is 11.6 Å². The van der Waals surface area contributed by atoms with Crippen molar-refractivity contribution >= 4 is 27.5 Å². The van der Waals surface area contributed by atoms with Crippen LogP contribution in [0.25, 0.3) is 0 Å². The lowest BCUT2D eigenvalue weighted by Crippen LogP contribution is -2.15. The van der Waals surface area contributed by atoms with Crippen LogP contribution in [0.4, 0.5) is 4.39 Å². The number of hydrogen-bond donors (Lipinski definition) is 0. The molecule has 0 aromatic heterocycles. The van der Waals surface area contributed by atoms with Gasteiger partial charge in [-0.2, -0.15) is 0 Å². The summed E-state index contributed by atoms with van der Waals surface area (Å²) in [7, 11) is 0. The van der Waals surface area contributed by atoms with Gasteiger partial charge in [0.05, 0.1) is 0 Å². The van der Waals surface area contributed by atoms with Crippen LogP contribution in [0.5, 0.6) is 0 Å². The minimum absolute atomic E-state index is 0.296. The Bertz CT molecular complexity index is 497. The van der Waals surface area contributed by atoms with E-state index in [1.807, 2.05) is 30.3 Å². The second-order valence-electron chi connectivity index (χ2n) is 3.85. The predicted molar refractivity (Wildman–Crippen MR) is 73.0 cm³/mol. The van der Waals surface area contributed by atoms with E-state index in [-0.39, 0.29) is 5.82 Å². The maximum atomic E-state index is 13.7. The molecule has 1 unspecified atom stereocenters. The van der Waals surface area contributed by atoms with Crippen LogP contribution in [-0.4, -0.2) is 0 Å². The first kappa shape index (κ1) is 12.6. The summed E-state index contributed by atoms with van der Waals surface area (Å²) in [5.74, 6) is -0.296. The Kier molecular flexibility index (Phi) is 3.85. The van der Waals surface area contributed by atoms with Gasteiger partial charge in [-0.1, -0.05) is 64.5 Å². The van der Waals surface area contributed by atoms with E-state index < -0.39 is 3.78 Å². The zero-order chi connectivity index (χ0) is 12.3. The second-order valence-corrected chi connectivity index (χ2v) is 6.30. The third-order valence-corrected chi connectivity index (χ3v) is 3.58. The number of benzene rings is 2. The summed E-state index contributed by atoms with van der Waals surface area (Å²) in [6.07, 6.45) is 0.524. The van der Waals surface area contributed by atoms with Crippen molar-refractivity contribution in [2.75, 3.05) is 0 Å². The first-order chi connectivity index (χ1) is 8.09. The molecule has 0 aliphatic heterocycles. The minimum atomic E-state index is -0.903. The lowest BCUT2D eigenvalue weighted by Gasteiger charge is -2.21. The van der Waals surface area contributed by atoms with Gasteiger partial charge in [0.1, 0.15) is 9.60 Å². The van der Waals surface area contributed by atoms with Crippen LogP contribution in [-0.2, 0) is 10.2 Å². The molecule has 17 heavy (non-hydrogen) atoms. The first-order valence-electron chi connectivity index (χ1n) is 5.26. The van der Waals surface area contributed by atoms with Gasteiger partial charge in [-0.15, -0.1) is 11.6 Å². The van der Waals surface area contributed by atoms with Gasteiger partial charge in [0.25, 0.3) is 0 Å². The Hall–Kier alpha value is -0.860. The van der Waals surface area contributed by atoms with Crippen molar-refractivity contribution in [3.63, 3.8) is 0 Å². The molecule has 0 aliphatic rings. The minimum Gasteiger partial charge on any atom is -0.207 e. The molecule has 2 rings (SSSR count). The summed E-state index contributed by atoms with van der Waals surface area (Å²) >= 11 is 9.78. The SMILES string of the molecule is Fc1ccccc1C(Cl)(Br)Cc1ccccc1. The molecule has 0 radical (unpaired) electrons. The second kappa shape index (κ2) is 5.19. The fourth-order valence-corrected chi connectivity index (χ4v) is 2.66. The average molecular weight is 314 g/mol. The van der Waals surface area contributed by atoms with E-state index in [0.29, 0.717) is 12.0 Å². The third-order valence-electron chi connectivity index (χ3n) is 2.54. The summed E-state index contributed by atoms with van der Waals surface area (Å²) in [5, 5.41) is 0. The molecule has 0 fully saturated rings. The van der Waals surface area contributed by atoms with Crippen molar-refractivity contribution in [1.82, 2.24) is 0 Å². The smallest absolute Gasteiger partial charge is 0.131 e. The molecule has 0 aliphatic carbocycles. The Labute approximate surface area is 114 Å². The maximum Gasteiger partial charge on any atom is 0.131 e. The molecule has 0 saturated heterocycles. The summed E-state index contributed by atoms with van der Waals surface area (Å²) in [6.45, 7) is 0. The molecule has 2 aromatic carbocycles. The van der Waals surface area contributed by atoms with Gasteiger partial charge in [-0.25, -0.2) is 4.39 Å². The zero-order valence-corrected chi connectivity index (χ0v) is 11.4. The van der Waals surface area contributed by atoms with Crippen LogP contribution in [0.3, 0.4) is 0 Å². The molecular weight excluding hydrogens is 303 g/mol. The number of alkyl halides is 2. The van der Waals surface area contributed by atoms with Crippen molar-refractivity contribution in [3.05, 3.63) is 71.5 Å². The van der Waals surface area contributed by atoms with E-state index in [1.54, 1.807) is 18.2 Å². The monoisotopic (exact) mass is 312 g/mol. The van der Waals surface area contributed by atoms with Gasteiger partial charge >= 0.3 is 0 Å². The highest BCUT2D eigenvalue weighted by Crippen LogP contribution is 2.40. The number of hydrogen-bond acceptors (Lipinski definition) is 0. The molecule has 88 valence electrons. The number of rotatable bonds is 3. The van der Waals surface area contributed by atoms with Crippen LogP contribution < -0.4 is 0 Å². The highest BCUT2D eigenvalue weighted by atomic mass is 79.9. The van der Waals surface area contributed by atoms with Gasteiger partial charge in [0.15, 0.2) is 0 Å². The lowest BCUT2D eigenvalue weighted by molar-refractivity contribution is 0.601. The first-order valence-corrected chi connectivity index (χ1v) is 6.43. The summed E-state index contributed by atoms with van der Waals surface area (Å²) < 4.78 is 12.8. The lowest BCUT2D eigenvalue weighted by atomic mass is 10.0. The summed E-state index contributed by atoms with van der Waals surface area (Å²) in [6, 6.07) is 16.3. The van der Waals surface area contributed by atoms with Gasteiger partial charge < -0.3 is 0 Å². The average Bonchev–Trinajstić information content (AvgIpc) is 2.30. The number of halogens is 3. The zero-order valence-electron chi connectivity index (χ0n) is 9.04. The maximum absolute atomic E-state index is 13.7. The van der Waals surface area contributed by atoms with E-state index in [1.165, 1.54) is 6.07 Å².